The molecule has 0 amide bonds. The molecule has 0 unspecified atom stereocenters. The lowest BCUT2D eigenvalue weighted by atomic mass is 9.52. The maximum Gasteiger partial charge on any atom is 0.235 e. The van der Waals surface area contributed by atoms with Crippen LogP contribution in [0.5, 0.6) is 0 Å². The Labute approximate surface area is 410 Å². The Kier molecular flexibility index (Phi) is 7.75. The molecule has 71 heavy (non-hydrogen) atoms. The van der Waals surface area contributed by atoms with Crippen LogP contribution in [0, 0.1) is 0 Å². The van der Waals surface area contributed by atoms with E-state index < -0.39 is 10.8 Å². The van der Waals surface area contributed by atoms with Crippen molar-refractivity contribution in [2.45, 2.75) is 10.8 Å². The smallest absolute Gasteiger partial charge is 0.235 e. The van der Waals surface area contributed by atoms with Gasteiger partial charge in [-0.05, 0) is 101 Å². The Morgan fingerprint density at radius 3 is 1.41 bits per heavy atom. The highest BCUT2D eigenvalue weighted by Crippen LogP contribution is 2.67. The topological polar surface area (TPSA) is 30.7 Å². The lowest BCUT2D eigenvalue weighted by molar-refractivity contribution is 0.633. The van der Waals surface area contributed by atoms with E-state index in [9.17, 15) is 0 Å². The summed E-state index contributed by atoms with van der Waals surface area (Å²) in [6, 6.07) is 92.4. The van der Waals surface area contributed by atoms with Gasteiger partial charge >= 0.3 is 0 Å². The molecule has 11 aromatic carbocycles. The highest BCUT2D eigenvalue weighted by atomic mass is 15.2. The first kappa shape index (κ1) is 38.8. The molecule has 2 heterocycles. The van der Waals surface area contributed by atoms with Crippen LogP contribution in [0.3, 0.4) is 0 Å². The number of hydrogen-bond donors (Lipinski definition) is 0. The fourth-order valence-electron chi connectivity index (χ4n) is 13.5. The van der Waals surface area contributed by atoms with Crippen molar-refractivity contribution in [3.63, 3.8) is 0 Å². The van der Waals surface area contributed by atoms with Gasteiger partial charge in [-0.15, -0.1) is 0 Å². The molecular formula is C68H41N3. The molecule has 0 fully saturated rings. The SMILES string of the molecule is c1ccc(-c2ccc(-c3nc(-n4c5cc6c(cc5c5ccc7ccccc7c54)-c4ccccc4C64c5ccccc5C5(c6ccccc6-c6ccccc65)c5ccccc54)nc4ccccc34)cc2)cc1. The van der Waals surface area contributed by atoms with Crippen molar-refractivity contribution < 1.29 is 0 Å². The van der Waals surface area contributed by atoms with Crippen molar-refractivity contribution in [2.24, 2.45) is 0 Å². The van der Waals surface area contributed by atoms with E-state index in [-0.39, 0.29) is 0 Å². The van der Waals surface area contributed by atoms with Gasteiger partial charge in [0, 0.05) is 27.1 Å². The molecule has 328 valence electrons. The van der Waals surface area contributed by atoms with Crippen molar-refractivity contribution >= 4 is 43.5 Å². The van der Waals surface area contributed by atoms with Gasteiger partial charge in [0.2, 0.25) is 5.95 Å². The van der Waals surface area contributed by atoms with Gasteiger partial charge < -0.3 is 0 Å². The first-order chi connectivity index (χ1) is 35.2. The van der Waals surface area contributed by atoms with Gasteiger partial charge in [0.05, 0.1) is 33.1 Å². The Balaban J connectivity index is 1.03. The van der Waals surface area contributed by atoms with Crippen LogP contribution in [0.2, 0.25) is 0 Å². The maximum absolute atomic E-state index is 5.67. The molecule has 16 rings (SSSR count). The lowest BCUT2D eigenvalue weighted by Crippen LogP contribution is -2.43. The highest BCUT2D eigenvalue weighted by molar-refractivity contribution is 6.20. The summed E-state index contributed by atoms with van der Waals surface area (Å²) in [5.74, 6) is 0.647. The number of benzene rings is 11. The molecule has 3 heteroatoms. The van der Waals surface area contributed by atoms with Crippen LogP contribution in [-0.4, -0.2) is 14.5 Å². The summed E-state index contributed by atoms with van der Waals surface area (Å²) in [6.45, 7) is 0. The summed E-state index contributed by atoms with van der Waals surface area (Å²) < 4.78 is 2.38. The van der Waals surface area contributed by atoms with E-state index >= 15 is 0 Å². The third kappa shape index (κ3) is 4.92. The summed E-state index contributed by atoms with van der Waals surface area (Å²) >= 11 is 0. The quantitative estimate of drug-likeness (QED) is 0.177. The van der Waals surface area contributed by atoms with Gasteiger partial charge in [0.15, 0.2) is 0 Å². The molecule has 3 aliphatic rings. The monoisotopic (exact) mass is 899 g/mol. The predicted octanol–water partition coefficient (Wildman–Crippen LogP) is 16.3. The Hall–Kier alpha value is -9.18. The lowest BCUT2D eigenvalue weighted by Gasteiger charge is -2.48. The van der Waals surface area contributed by atoms with E-state index in [1.165, 1.54) is 94.0 Å². The summed E-state index contributed by atoms with van der Waals surface area (Å²) in [5.41, 5.74) is 21.9. The number of nitrogens with zero attached hydrogens (tertiary/aromatic N) is 3. The minimum atomic E-state index is -0.649. The molecule has 2 spiro atoms. The highest BCUT2D eigenvalue weighted by Gasteiger charge is 2.59. The van der Waals surface area contributed by atoms with E-state index in [1.54, 1.807) is 0 Å². The van der Waals surface area contributed by atoms with Crippen LogP contribution in [0.4, 0.5) is 0 Å². The molecule has 0 radical (unpaired) electrons. The van der Waals surface area contributed by atoms with Gasteiger partial charge in [0.1, 0.15) is 0 Å². The predicted molar refractivity (Wildman–Crippen MR) is 290 cm³/mol. The Bertz CT molecular complexity index is 4310. The molecule has 0 bridgehead atoms. The molecule has 2 aromatic heterocycles. The normalized spacial score (nSPS) is 14.1. The molecule has 0 saturated heterocycles. The second-order valence-electron chi connectivity index (χ2n) is 19.5. The second-order valence-corrected chi connectivity index (χ2v) is 19.5. The van der Waals surface area contributed by atoms with E-state index in [0.717, 1.165) is 38.6 Å². The molecule has 0 saturated carbocycles. The third-order valence-corrected chi connectivity index (χ3v) is 16.3. The molecule has 0 atom stereocenters. The number of fused-ring (bicyclic) bond motifs is 22. The minimum absolute atomic E-state index is 0.518. The van der Waals surface area contributed by atoms with Gasteiger partial charge in [-0.3, -0.25) is 4.57 Å². The molecular weight excluding hydrogens is 859 g/mol. The molecule has 0 N–H and O–H groups in total. The summed E-state index contributed by atoms with van der Waals surface area (Å²) in [5, 5.41) is 5.70. The van der Waals surface area contributed by atoms with Crippen molar-refractivity contribution in [3.8, 4) is 50.6 Å². The van der Waals surface area contributed by atoms with E-state index in [0.29, 0.717) is 5.95 Å². The number of para-hydroxylation sites is 1. The standard InChI is InChI=1S/C68H41N3/c1-2-18-42(19-3-1)43-34-36-45(37-35-43)64-51-25-9-17-33-62(51)69-66(70-64)71-63-41-61-52(40-53(63)50-39-38-44-20-4-5-21-46(44)65(50)71)49-24-8-12-28-56(49)68(61)59-31-15-13-29-57(59)67(58-30-14-16-32-60(58)68)54-26-10-6-22-47(54)48-23-7-11-27-55(48)67/h1-41H. The van der Waals surface area contributed by atoms with Crippen molar-refractivity contribution in [1.82, 2.24) is 14.5 Å². The first-order valence-electron chi connectivity index (χ1n) is 24.7. The van der Waals surface area contributed by atoms with Crippen LogP contribution >= 0.6 is 0 Å². The zero-order valence-corrected chi connectivity index (χ0v) is 38.5. The van der Waals surface area contributed by atoms with Gasteiger partial charge in [-0.2, -0.15) is 0 Å². The summed E-state index contributed by atoms with van der Waals surface area (Å²) in [4.78, 5) is 11.2. The van der Waals surface area contributed by atoms with Crippen molar-refractivity contribution in [1.29, 1.82) is 0 Å². The summed E-state index contributed by atoms with van der Waals surface area (Å²) in [7, 11) is 0. The average Bonchev–Trinajstić information content (AvgIpc) is 4.05. The van der Waals surface area contributed by atoms with Crippen LogP contribution in [0.1, 0.15) is 44.5 Å². The zero-order valence-electron chi connectivity index (χ0n) is 38.5. The van der Waals surface area contributed by atoms with Gasteiger partial charge in [-0.25, -0.2) is 9.97 Å². The maximum atomic E-state index is 5.67. The molecule has 13 aromatic rings. The largest absolute Gasteiger partial charge is 0.277 e. The van der Waals surface area contributed by atoms with Crippen molar-refractivity contribution in [2.75, 3.05) is 0 Å². The minimum Gasteiger partial charge on any atom is -0.277 e. The molecule has 0 aliphatic heterocycles. The van der Waals surface area contributed by atoms with Gasteiger partial charge in [0.25, 0.3) is 0 Å². The first-order valence-corrected chi connectivity index (χ1v) is 24.7. The van der Waals surface area contributed by atoms with Crippen LogP contribution in [-0.2, 0) is 10.8 Å². The Morgan fingerprint density at radius 1 is 0.296 bits per heavy atom. The van der Waals surface area contributed by atoms with E-state index in [4.69, 9.17) is 9.97 Å². The third-order valence-electron chi connectivity index (χ3n) is 16.3. The Morgan fingerprint density at radius 2 is 0.775 bits per heavy atom. The van der Waals surface area contributed by atoms with E-state index in [1.807, 2.05) is 0 Å². The van der Waals surface area contributed by atoms with Crippen LogP contribution in [0.25, 0.3) is 94.1 Å². The fraction of sp³-hybridized carbons (Fsp3) is 0.0294. The molecule has 3 aliphatic carbocycles. The zero-order chi connectivity index (χ0) is 46.4. The van der Waals surface area contributed by atoms with Gasteiger partial charge in [-0.1, -0.05) is 231 Å². The summed E-state index contributed by atoms with van der Waals surface area (Å²) in [6.07, 6.45) is 0. The number of rotatable bonds is 3. The van der Waals surface area contributed by atoms with Crippen LogP contribution in [0.15, 0.2) is 249 Å². The number of hydrogen-bond acceptors (Lipinski definition) is 2. The van der Waals surface area contributed by atoms with Crippen LogP contribution < -0.4 is 0 Å². The number of aromatic nitrogens is 3. The average molecular weight is 900 g/mol. The van der Waals surface area contributed by atoms with Crippen molar-refractivity contribution in [3.05, 3.63) is 293 Å². The second kappa shape index (κ2) is 14.2. The van der Waals surface area contributed by atoms with E-state index in [2.05, 4.69) is 253 Å². The molecule has 3 nitrogen and oxygen atoms in total. The fourth-order valence-corrected chi connectivity index (χ4v) is 13.5.